The van der Waals surface area contributed by atoms with E-state index in [0.717, 1.165) is 16.8 Å². The van der Waals surface area contributed by atoms with Gasteiger partial charge in [0.05, 0.1) is 11.9 Å². The molecule has 8 heteroatoms. The molecule has 0 saturated heterocycles. The van der Waals surface area contributed by atoms with Gasteiger partial charge < -0.3 is 4.74 Å². The van der Waals surface area contributed by atoms with Crippen LogP contribution in [0.15, 0.2) is 91.3 Å². The molecule has 0 saturated carbocycles. The third-order valence-corrected chi connectivity index (χ3v) is 5.30. The maximum atomic E-state index is 12.3. The number of rotatable bonds is 8. The number of carbonyl (C=O) groups excluding carboxylic acids is 2. The summed E-state index contributed by atoms with van der Waals surface area (Å²) < 4.78 is 7.46. The fourth-order valence-corrected chi connectivity index (χ4v) is 3.31. The molecule has 0 spiro atoms. The number of aromatic nitrogens is 2. The Bertz CT molecular complexity index is 1240. The van der Waals surface area contributed by atoms with Crippen molar-refractivity contribution in [3.05, 3.63) is 113 Å². The van der Waals surface area contributed by atoms with Gasteiger partial charge in [-0.15, -0.1) is 0 Å². The maximum absolute atomic E-state index is 12.3. The van der Waals surface area contributed by atoms with Crippen molar-refractivity contribution in [3.63, 3.8) is 0 Å². The molecule has 0 radical (unpaired) electrons. The lowest BCUT2D eigenvalue weighted by Gasteiger charge is -2.09. The van der Waals surface area contributed by atoms with E-state index >= 15 is 0 Å². The predicted octanol–water partition coefficient (Wildman–Crippen LogP) is 4.50. The van der Waals surface area contributed by atoms with Crippen molar-refractivity contribution in [2.75, 3.05) is 0 Å². The smallest absolute Gasteiger partial charge is 0.269 e. The van der Waals surface area contributed by atoms with Crippen molar-refractivity contribution in [3.8, 4) is 11.4 Å². The van der Waals surface area contributed by atoms with Crippen molar-refractivity contribution >= 4 is 23.4 Å². The van der Waals surface area contributed by atoms with Crippen molar-refractivity contribution in [1.29, 1.82) is 0 Å². The van der Waals surface area contributed by atoms with Crippen LogP contribution in [0.25, 0.3) is 5.69 Å². The summed E-state index contributed by atoms with van der Waals surface area (Å²) in [4.78, 5) is 24.5. The van der Waals surface area contributed by atoms with Gasteiger partial charge in [0.1, 0.15) is 12.4 Å². The quantitative estimate of drug-likeness (QED) is 0.368. The molecule has 0 aliphatic heterocycles. The van der Waals surface area contributed by atoms with Gasteiger partial charge in [0.15, 0.2) is 0 Å². The van der Waals surface area contributed by atoms with Crippen molar-refractivity contribution in [2.24, 2.45) is 0 Å². The Hall–Kier alpha value is -4.10. The molecule has 2 amide bonds. The molecule has 34 heavy (non-hydrogen) atoms. The van der Waals surface area contributed by atoms with E-state index < -0.39 is 5.91 Å². The number of hydrazine groups is 1. The molecule has 1 aromatic heterocycles. The van der Waals surface area contributed by atoms with E-state index in [0.29, 0.717) is 29.4 Å². The minimum Gasteiger partial charge on any atom is -0.489 e. The highest BCUT2D eigenvalue weighted by molar-refractivity contribution is 6.30. The third kappa shape index (κ3) is 6.46. The molecule has 0 unspecified atom stereocenters. The molecular formula is C26H23ClN4O3. The number of carbonyl (C=O) groups is 2. The number of aryl methyl sites for hydroxylation is 1. The Labute approximate surface area is 202 Å². The van der Waals surface area contributed by atoms with Crippen molar-refractivity contribution in [2.45, 2.75) is 19.4 Å². The Kier molecular flexibility index (Phi) is 7.57. The molecule has 7 nitrogen and oxygen atoms in total. The average molecular weight is 475 g/mol. The van der Waals surface area contributed by atoms with E-state index in [1.165, 1.54) is 0 Å². The molecule has 3 aromatic carbocycles. The summed E-state index contributed by atoms with van der Waals surface area (Å²) in [7, 11) is 0. The molecule has 0 aliphatic rings. The molecule has 1 heterocycles. The van der Waals surface area contributed by atoms with Crippen molar-refractivity contribution < 1.29 is 14.3 Å². The number of halogens is 1. The maximum Gasteiger partial charge on any atom is 0.269 e. The Morgan fingerprint density at radius 1 is 0.882 bits per heavy atom. The van der Waals surface area contributed by atoms with Gasteiger partial charge in [-0.3, -0.25) is 20.4 Å². The number of nitrogens with zero attached hydrogens (tertiary/aromatic N) is 2. The molecule has 172 valence electrons. The zero-order valence-electron chi connectivity index (χ0n) is 18.3. The first-order valence-electron chi connectivity index (χ1n) is 10.7. The molecule has 0 aliphatic carbocycles. The average Bonchev–Trinajstić information content (AvgIpc) is 3.36. The first-order chi connectivity index (χ1) is 16.6. The summed E-state index contributed by atoms with van der Waals surface area (Å²) in [5, 5.41) is 4.97. The minimum absolute atomic E-state index is 0.224. The normalized spacial score (nSPS) is 10.5. The van der Waals surface area contributed by atoms with Gasteiger partial charge in [-0.25, -0.2) is 4.68 Å². The Morgan fingerprint density at radius 2 is 1.62 bits per heavy atom. The molecule has 4 aromatic rings. The fraction of sp³-hybridized carbons (Fsp3) is 0.115. The number of hydrogen-bond donors (Lipinski definition) is 2. The van der Waals surface area contributed by atoms with E-state index in [4.69, 9.17) is 16.3 Å². The number of nitrogens with one attached hydrogen (secondary N) is 2. The highest BCUT2D eigenvalue weighted by Gasteiger charge is 2.09. The van der Waals surface area contributed by atoms with Crippen LogP contribution in [-0.2, 0) is 17.8 Å². The molecule has 2 N–H and O–H groups in total. The number of ether oxygens (including phenoxy) is 1. The van der Waals surface area contributed by atoms with Crippen LogP contribution in [0.5, 0.6) is 5.75 Å². The molecule has 0 bridgehead atoms. The SMILES string of the molecule is O=C(CCc1cnn(-c2ccccc2)c1)NNC(=O)c1ccc(COc2ccc(Cl)cc2)cc1. The molecule has 0 fully saturated rings. The van der Waals surface area contributed by atoms with Gasteiger partial charge >= 0.3 is 0 Å². The van der Waals surface area contributed by atoms with Crippen LogP contribution >= 0.6 is 11.6 Å². The van der Waals surface area contributed by atoms with E-state index in [1.54, 1.807) is 59.4 Å². The highest BCUT2D eigenvalue weighted by atomic mass is 35.5. The second-order valence-electron chi connectivity index (χ2n) is 7.57. The number of amides is 2. The first kappa shape index (κ1) is 23.1. The summed E-state index contributed by atoms with van der Waals surface area (Å²) in [6, 6.07) is 23.8. The molecular weight excluding hydrogens is 452 g/mol. The first-order valence-corrected chi connectivity index (χ1v) is 11.1. The number of benzene rings is 3. The van der Waals surface area contributed by atoms with E-state index in [-0.39, 0.29) is 12.3 Å². The lowest BCUT2D eigenvalue weighted by molar-refractivity contribution is -0.121. The largest absolute Gasteiger partial charge is 0.489 e. The van der Waals surface area contributed by atoms with Crippen LogP contribution in [-0.4, -0.2) is 21.6 Å². The van der Waals surface area contributed by atoms with Crippen LogP contribution in [0.3, 0.4) is 0 Å². The lowest BCUT2D eigenvalue weighted by Crippen LogP contribution is -2.41. The number of hydrogen-bond acceptors (Lipinski definition) is 4. The summed E-state index contributed by atoms with van der Waals surface area (Å²) in [6.45, 7) is 0.362. The predicted molar refractivity (Wildman–Crippen MR) is 130 cm³/mol. The molecule has 0 atom stereocenters. The summed E-state index contributed by atoms with van der Waals surface area (Å²) in [5.41, 5.74) is 8.12. The second kappa shape index (κ2) is 11.2. The number of para-hydroxylation sites is 1. The topological polar surface area (TPSA) is 85.3 Å². The van der Waals surface area contributed by atoms with Crippen LogP contribution in [0.2, 0.25) is 5.02 Å². The van der Waals surface area contributed by atoms with Gasteiger partial charge in [-0.1, -0.05) is 41.9 Å². The van der Waals surface area contributed by atoms with Gasteiger partial charge in [-0.05, 0) is 66.1 Å². The standard InChI is InChI=1S/C26H23ClN4O3/c27-22-11-13-24(14-12-22)34-18-19-6-9-21(10-7-19)26(33)30-29-25(32)15-8-20-16-28-31(17-20)23-4-2-1-3-5-23/h1-7,9-14,16-17H,8,15,18H2,(H,29,32)(H,30,33). The second-order valence-corrected chi connectivity index (χ2v) is 8.01. The lowest BCUT2D eigenvalue weighted by atomic mass is 10.1. The molecule has 4 rings (SSSR count). The van der Waals surface area contributed by atoms with Crippen LogP contribution in [0.1, 0.15) is 27.9 Å². The van der Waals surface area contributed by atoms with Gasteiger partial charge in [0, 0.05) is 23.2 Å². The van der Waals surface area contributed by atoms with Crippen LogP contribution < -0.4 is 15.6 Å². The summed E-state index contributed by atoms with van der Waals surface area (Å²) in [6.07, 6.45) is 4.36. The van der Waals surface area contributed by atoms with Gasteiger partial charge in [0.25, 0.3) is 5.91 Å². The zero-order chi connectivity index (χ0) is 23.8. The third-order valence-electron chi connectivity index (χ3n) is 5.05. The minimum atomic E-state index is -0.393. The zero-order valence-corrected chi connectivity index (χ0v) is 19.0. The van der Waals surface area contributed by atoms with Crippen molar-refractivity contribution in [1.82, 2.24) is 20.6 Å². The summed E-state index contributed by atoms with van der Waals surface area (Å²) >= 11 is 5.87. The van der Waals surface area contributed by atoms with Gasteiger partial charge in [-0.2, -0.15) is 5.10 Å². The van der Waals surface area contributed by atoms with Gasteiger partial charge in [0.2, 0.25) is 5.91 Å². The Balaban J connectivity index is 1.20. The monoisotopic (exact) mass is 474 g/mol. The Morgan fingerprint density at radius 3 is 2.35 bits per heavy atom. The van der Waals surface area contributed by atoms with Crippen LogP contribution in [0, 0.1) is 0 Å². The van der Waals surface area contributed by atoms with E-state index in [1.807, 2.05) is 36.5 Å². The highest BCUT2D eigenvalue weighted by Crippen LogP contribution is 2.17. The van der Waals surface area contributed by atoms with E-state index in [9.17, 15) is 9.59 Å². The summed E-state index contributed by atoms with van der Waals surface area (Å²) in [5.74, 6) is 0.0329. The fourth-order valence-electron chi connectivity index (χ4n) is 3.18. The van der Waals surface area contributed by atoms with E-state index in [2.05, 4.69) is 16.0 Å². The van der Waals surface area contributed by atoms with Crippen LogP contribution in [0.4, 0.5) is 0 Å².